The Hall–Kier alpha value is -2.53. The number of amides is 1. The number of nitrogens with one attached hydrogen (secondary N) is 1. The maximum Gasteiger partial charge on any atom is 0.261 e. The highest BCUT2D eigenvalue weighted by Crippen LogP contribution is 2.26. The number of para-hydroxylation sites is 1. The van der Waals surface area contributed by atoms with Gasteiger partial charge in [0.25, 0.3) is 5.91 Å². The molecule has 1 aromatic carbocycles. The van der Waals surface area contributed by atoms with Gasteiger partial charge in [0.2, 0.25) is 0 Å². The van der Waals surface area contributed by atoms with Crippen molar-refractivity contribution in [2.75, 3.05) is 0 Å². The minimum atomic E-state index is -0.566. The van der Waals surface area contributed by atoms with Crippen LogP contribution in [0, 0.1) is 0 Å². The quantitative estimate of drug-likeness (QED) is 0.742. The molecule has 0 radical (unpaired) electrons. The summed E-state index contributed by atoms with van der Waals surface area (Å²) >= 11 is 1.62. The summed E-state index contributed by atoms with van der Waals surface area (Å²) in [6.45, 7) is 2.06. The van der Waals surface area contributed by atoms with Crippen molar-refractivity contribution >= 4 is 17.2 Å². The molecule has 0 saturated carbocycles. The number of furan rings is 1. The highest BCUT2D eigenvalue weighted by Gasteiger charge is 2.15. The fraction of sp³-hybridized carbons (Fsp3) is 0.167. The lowest BCUT2D eigenvalue weighted by Crippen LogP contribution is -2.35. The van der Waals surface area contributed by atoms with Crippen molar-refractivity contribution < 1.29 is 13.9 Å². The van der Waals surface area contributed by atoms with Crippen molar-refractivity contribution in [1.82, 2.24) is 5.32 Å². The maximum atomic E-state index is 12.1. The molecule has 0 aliphatic heterocycles. The van der Waals surface area contributed by atoms with E-state index in [9.17, 15) is 4.79 Å². The molecular formula is C18H17NO3S. The van der Waals surface area contributed by atoms with E-state index in [1.807, 2.05) is 60.0 Å². The summed E-state index contributed by atoms with van der Waals surface area (Å²) in [6, 6.07) is 17.1. The van der Waals surface area contributed by atoms with Crippen LogP contribution in [0.25, 0.3) is 10.6 Å². The number of ether oxygens (including phenoxy) is 1. The molecule has 0 aliphatic carbocycles. The highest BCUT2D eigenvalue weighted by molar-refractivity contribution is 7.13. The first-order valence-electron chi connectivity index (χ1n) is 7.34. The molecule has 1 atom stereocenters. The van der Waals surface area contributed by atoms with Crippen LogP contribution >= 0.6 is 11.3 Å². The zero-order valence-corrected chi connectivity index (χ0v) is 13.5. The summed E-state index contributed by atoms with van der Waals surface area (Å²) in [4.78, 5) is 13.2. The Morgan fingerprint density at radius 1 is 1.17 bits per heavy atom. The first kappa shape index (κ1) is 15.4. The van der Waals surface area contributed by atoms with Crippen molar-refractivity contribution in [3.05, 3.63) is 65.7 Å². The number of carbonyl (C=O) groups is 1. The van der Waals surface area contributed by atoms with Crippen LogP contribution < -0.4 is 10.1 Å². The molecular weight excluding hydrogens is 310 g/mol. The van der Waals surface area contributed by atoms with Crippen LogP contribution in [0.15, 0.2) is 64.4 Å². The molecule has 23 heavy (non-hydrogen) atoms. The minimum absolute atomic E-state index is 0.178. The molecule has 0 spiro atoms. The van der Waals surface area contributed by atoms with E-state index in [1.165, 1.54) is 0 Å². The zero-order valence-electron chi connectivity index (χ0n) is 12.7. The van der Waals surface area contributed by atoms with Crippen molar-refractivity contribution in [3.8, 4) is 16.4 Å². The zero-order chi connectivity index (χ0) is 16.1. The van der Waals surface area contributed by atoms with Gasteiger partial charge in [-0.25, -0.2) is 0 Å². The fourth-order valence-corrected chi connectivity index (χ4v) is 2.79. The second-order valence-electron chi connectivity index (χ2n) is 5.03. The van der Waals surface area contributed by atoms with Gasteiger partial charge in [-0.1, -0.05) is 24.3 Å². The average molecular weight is 327 g/mol. The van der Waals surface area contributed by atoms with E-state index in [2.05, 4.69) is 5.32 Å². The smallest absolute Gasteiger partial charge is 0.261 e. The molecule has 1 amide bonds. The standard InChI is InChI=1S/C18H17NO3S/c1-13(21-14-6-3-2-4-7-14)18(20)19-12-15-9-10-16(22-15)17-8-5-11-23-17/h2-11,13H,12H2,1H3,(H,19,20). The van der Waals surface area contributed by atoms with E-state index in [0.29, 0.717) is 18.1 Å². The Kier molecular flexibility index (Phi) is 4.78. The van der Waals surface area contributed by atoms with Crippen molar-refractivity contribution in [2.45, 2.75) is 19.6 Å². The lowest BCUT2D eigenvalue weighted by molar-refractivity contribution is -0.127. The summed E-state index contributed by atoms with van der Waals surface area (Å²) in [6.07, 6.45) is -0.566. The van der Waals surface area contributed by atoms with Crippen LogP contribution in [0.5, 0.6) is 5.75 Å². The second kappa shape index (κ2) is 7.15. The third-order valence-electron chi connectivity index (χ3n) is 3.29. The molecule has 3 rings (SSSR count). The van der Waals surface area contributed by atoms with Gasteiger partial charge in [0.1, 0.15) is 17.3 Å². The topological polar surface area (TPSA) is 51.5 Å². The van der Waals surface area contributed by atoms with Crippen LogP contribution in [-0.4, -0.2) is 12.0 Å². The number of thiophene rings is 1. The van der Waals surface area contributed by atoms with Gasteiger partial charge in [0, 0.05) is 0 Å². The largest absolute Gasteiger partial charge is 0.481 e. The summed E-state index contributed by atoms with van der Waals surface area (Å²) in [5.41, 5.74) is 0. The van der Waals surface area contributed by atoms with Gasteiger partial charge in [-0.2, -0.15) is 0 Å². The summed E-state index contributed by atoms with van der Waals surface area (Å²) < 4.78 is 11.3. The molecule has 1 unspecified atom stereocenters. The monoisotopic (exact) mass is 327 g/mol. The number of benzene rings is 1. The van der Waals surface area contributed by atoms with Gasteiger partial charge in [-0.05, 0) is 42.6 Å². The average Bonchev–Trinajstić information content (AvgIpc) is 3.24. The van der Waals surface area contributed by atoms with Crippen LogP contribution in [0.4, 0.5) is 0 Å². The van der Waals surface area contributed by atoms with Gasteiger partial charge in [-0.3, -0.25) is 4.79 Å². The lowest BCUT2D eigenvalue weighted by Gasteiger charge is -2.14. The Labute approximate surface area is 138 Å². The molecule has 0 bridgehead atoms. The van der Waals surface area contributed by atoms with E-state index in [1.54, 1.807) is 18.3 Å². The van der Waals surface area contributed by atoms with Gasteiger partial charge in [0.05, 0.1) is 11.4 Å². The van der Waals surface area contributed by atoms with Crippen LogP contribution in [0.1, 0.15) is 12.7 Å². The van der Waals surface area contributed by atoms with Crippen LogP contribution in [0.2, 0.25) is 0 Å². The van der Waals surface area contributed by atoms with Gasteiger partial charge in [-0.15, -0.1) is 11.3 Å². The number of rotatable bonds is 6. The van der Waals surface area contributed by atoms with Gasteiger partial charge >= 0.3 is 0 Å². The van der Waals surface area contributed by atoms with E-state index >= 15 is 0 Å². The third kappa shape index (κ3) is 4.02. The SMILES string of the molecule is CC(Oc1ccccc1)C(=O)NCc1ccc(-c2cccs2)o1. The van der Waals surface area contributed by atoms with Crippen LogP contribution in [-0.2, 0) is 11.3 Å². The van der Waals surface area contributed by atoms with Crippen molar-refractivity contribution in [3.63, 3.8) is 0 Å². The molecule has 1 N–H and O–H groups in total. The number of carbonyl (C=O) groups excluding carboxylic acids is 1. The highest BCUT2D eigenvalue weighted by atomic mass is 32.1. The molecule has 0 fully saturated rings. The third-order valence-corrected chi connectivity index (χ3v) is 4.17. The molecule has 4 nitrogen and oxygen atoms in total. The molecule has 5 heteroatoms. The molecule has 3 aromatic rings. The Bertz CT molecular complexity index is 750. The molecule has 2 aromatic heterocycles. The number of hydrogen-bond acceptors (Lipinski definition) is 4. The predicted octanol–water partition coefficient (Wildman–Crippen LogP) is 4.09. The van der Waals surface area contributed by atoms with Crippen molar-refractivity contribution in [1.29, 1.82) is 0 Å². The Morgan fingerprint density at radius 3 is 2.74 bits per heavy atom. The predicted molar refractivity (Wildman–Crippen MR) is 90.4 cm³/mol. The van der Waals surface area contributed by atoms with Gasteiger partial charge in [0.15, 0.2) is 6.10 Å². The minimum Gasteiger partial charge on any atom is -0.481 e. The van der Waals surface area contributed by atoms with Crippen LogP contribution in [0.3, 0.4) is 0 Å². The summed E-state index contributed by atoms with van der Waals surface area (Å²) in [7, 11) is 0. The molecule has 0 aliphatic rings. The maximum absolute atomic E-state index is 12.1. The van der Waals surface area contributed by atoms with E-state index < -0.39 is 6.10 Å². The van der Waals surface area contributed by atoms with Gasteiger partial charge < -0.3 is 14.5 Å². The normalized spacial score (nSPS) is 11.9. The van der Waals surface area contributed by atoms with E-state index in [4.69, 9.17) is 9.15 Å². The van der Waals surface area contributed by atoms with E-state index in [-0.39, 0.29) is 5.91 Å². The number of hydrogen-bond donors (Lipinski definition) is 1. The lowest BCUT2D eigenvalue weighted by atomic mass is 10.3. The van der Waals surface area contributed by atoms with E-state index in [0.717, 1.165) is 10.6 Å². The Balaban J connectivity index is 1.52. The first-order chi connectivity index (χ1) is 11.2. The molecule has 0 saturated heterocycles. The molecule has 2 heterocycles. The van der Waals surface area contributed by atoms with Crippen molar-refractivity contribution in [2.24, 2.45) is 0 Å². The second-order valence-corrected chi connectivity index (χ2v) is 5.98. The fourth-order valence-electron chi connectivity index (χ4n) is 2.10. The Morgan fingerprint density at radius 2 is 2.00 bits per heavy atom. The molecule has 118 valence electrons. The summed E-state index contributed by atoms with van der Waals surface area (Å²) in [5, 5.41) is 4.83. The summed E-state index contributed by atoms with van der Waals surface area (Å²) in [5.74, 6) is 2.03. The first-order valence-corrected chi connectivity index (χ1v) is 8.22.